The molecule has 2 rings (SSSR count). The van der Waals surface area contributed by atoms with Gasteiger partial charge in [-0.1, -0.05) is 18.9 Å². The Hall–Kier alpha value is -1.32. The van der Waals surface area contributed by atoms with Crippen LogP contribution in [-0.4, -0.2) is 22.6 Å². The van der Waals surface area contributed by atoms with Crippen molar-refractivity contribution in [2.24, 2.45) is 17.8 Å². The Bertz CT molecular complexity index is 453. The van der Waals surface area contributed by atoms with Crippen LogP contribution in [0.4, 0.5) is 0 Å². The summed E-state index contributed by atoms with van der Waals surface area (Å²) in [5.41, 5.74) is -0.420. The highest BCUT2D eigenvalue weighted by atomic mass is 16.6. The minimum atomic E-state index is -0.849. The minimum Gasteiger partial charge on any atom is -0.481 e. The molecule has 0 aromatic carbocycles. The molecule has 0 amide bonds. The second-order valence-corrected chi connectivity index (χ2v) is 7.79. The predicted octanol–water partition coefficient (Wildman–Crippen LogP) is 4.73. The van der Waals surface area contributed by atoms with Gasteiger partial charge in [0.2, 0.25) is 0 Å². The van der Waals surface area contributed by atoms with Crippen molar-refractivity contribution in [2.75, 3.05) is 0 Å². The number of ether oxygens (including phenoxy) is 1. The average molecular weight is 336 g/mol. The fraction of sp³-hybridized carbons (Fsp3) is 0.800. The van der Waals surface area contributed by atoms with Crippen LogP contribution in [0.5, 0.6) is 0 Å². The van der Waals surface area contributed by atoms with Crippen LogP contribution in [0, 0.1) is 17.8 Å². The Morgan fingerprint density at radius 2 is 2.00 bits per heavy atom. The number of allylic oxidation sites excluding steroid dienone is 1. The molecule has 0 aromatic heterocycles. The molecule has 0 aromatic rings. The van der Waals surface area contributed by atoms with Crippen LogP contribution in [0.1, 0.15) is 77.6 Å². The summed E-state index contributed by atoms with van der Waals surface area (Å²) in [6, 6.07) is 0. The molecule has 3 atom stereocenters. The number of hydrogen-bond donors (Lipinski definition) is 1. The molecule has 0 heterocycles. The first-order valence-corrected chi connectivity index (χ1v) is 9.52. The number of carboxylic acids is 1. The number of hydrogen-bond acceptors (Lipinski definition) is 3. The number of rotatable bonds is 9. The summed E-state index contributed by atoms with van der Waals surface area (Å²) >= 11 is 0. The van der Waals surface area contributed by atoms with Gasteiger partial charge in [-0.15, -0.1) is 6.58 Å². The summed E-state index contributed by atoms with van der Waals surface area (Å²) < 4.78 is 5.85. The summed E-state index contributed by atoms with van der Waals surface area (Å²) in [6.07, 6.45) is 12.1. The van der Waals surface area contributed by atoms with Crippen LogP contribution in [-0.2, 0) is 14.3 Å². The first kappa shape index (κ1) is 19.0. The Kier molecular flexibility index (Phi) is 6.88. The minimum absolute atomic E-state index is 0.0228. The van der Waals surface area contributed by atoms with Gasteiger partial charge in [0.15, 0.2) is 0 Å². The van der Waals surface area contributed by atoms with E-state index in [1.54, 1.807) is 0 Å². The third-order valence-corrected chi connectivity index (χ3v) is 6.07. The van der Waals surface area contributed by atoms with Gasteiger partial charge in [0.25, 0.3) is 0 Å². The molecule has 0 saturated heterocycles. The molecule has 0 aliphatic heterocycles. The molecule has 0 spiro atoms. The van der Waals surface area contributed by atoms with E-state index in [9.17, 15) is 14.7 Å². The van der Waals surface area contributed by atoms with Gasteiger partial charge in [-0.3, -0.25) is 9.59 Å². The number of aliphatic carboxylic acids is 1. The van der Waals surface area contributed by atoms with E-state index < -0.39 is 17.5 Å². The SMILES string of the molecule is C=CCCC[C@@H]1CCC[C@@]1(C)OC(=O)C[C@H](C(=O)O)C1CCCC1. The van der Waals surface area contributed by atoms with Crippen molar-refractivity contribution in [1.82, 2.24) is 0 Å². The van der Waals surface area contributed by atoms with E-state index in [-0.39, 0.29) is 18.3 Å². The molecular weight excluding hydrogens is 304 g/mol. The van der Waals surface area contributed by atoms with Crippen molar-refractivity contribution in [3.8, 4) is 0 Å². The third-order valence-electron chi connectivity index (χ3n) is 6.07. The van der Waals surface area contributed by atoms with Gasteiger partial charge in [0.05, 0.1) is 12.3 Å². The summed E-state index contributed by atoms with van der Waals surface area (Å²) in [5, 5.41) is 9.49. The van der Waals surface area contributed by atoms with Crippen LogP contribution in [0.15, 0.2) is 12.7 Å². The van der Waals surface area contributed by atoms with E-state index in [1.165, 1.54) is 0 Å². The molecule has 4 nitrogen and oxygen atoms in total. The van der Waals surface area contributed by atoms with Gasteiger partial charge >= 0.3 is 11.9 Å². The quantitative estimate of drug-likeness (QED) is 0.376. The summed E-state index contributed by atoms with van der Waals surface area (Å²) in [7, 11) is 0. The van der Waals surface area contributed by atoms with Crippen molar-refractivity contribution >= 4 is 11.9 Å². The molecule has 2 aliphatic rings. The maximum absolute atomic E-state index is 12.4. The Labute approximate surface area is 145 Å². The lowest BCUT2D eigenvalue weighted by Gasteiger charge is -2.32. The topological polar surface area (TPSA) is 63.6 Å². The maximum atomic E-state index is 12.4. The van der Waals surface area contributed by atoms with Crippen LogP contribution in [0.3, 0.4) is 0 Å². The molecule has 0 radical (unpaired) electrons. The van der Waals surface area contributed by atoms with E-state index in [4.69, 9.17) is 4.74 Å². The van der Waals surface area contributed by atoms with Crippen LogP contribution in [0.25, 0.3) is 0 Å². The lowest BCUT2D eigenvalue weighted by Crippen LogP contribution is -2.37. The molecule has 2 aliphatic carbocycles. The number of unbranched alkanes of at least 4 members (excludes halogenated alkanes) is 1. The average Bonchev–Trinajstić information content (AvgIpc) is 3.15. The van der Waals surface area contributed by atoms with E-state index in [1.807, 2.05) is 13.0 Å². The highest BCUT2D eigenvalue weighted by Crippen LogP contribution is 2.42. The fourth-order valence-corrected chi connectivity index (χ4v) is 4.60. The Morgan fingerprint density at radius 3 is 2.62 bits per heavy atom. The molecule has 0 bridgehead atoms. The predicted molar refractivity (Wildman–Crippen MR) is 93.6 cm³/mol. The van der Waals surface area contributed by atoms with E-state index in [2.05, 4.69) is 6.58 Å². The van der Waals surface area contributed by atoms with Crippen molar-refractivity contribution in [2.45, 2.75) is 83.2 Å². The standard InChI is InChI=1S/C20H32O4/c1-3-4-5-11-16-12-8-13-20(16,2)24-18(21)14-17(19(22)23)15-9-6-7-10-15/h3,15-17H,1,4-14H2,2H3,(H,22,23)/t16-,17+,20-/m1/s1. The van der Waals surface area contributed by atoms with E-state index in [0.717, 1.165) is 64.2 Å². The molecule has 1 N–H and O–H groups in total. The summed E-state index contributed by atoms with van der Waals surface area (Å²) in [6.45, 7) is 5.79. The van der Waals surface area contributed by atoms with Gasteiger partial charge in [-0.25, -0.2) is 0 Å². The largest absolute Gasteiger partial charge is 0.481 e. The second-order valence-electron chi connectivity index (χ2n) is 7.79. The molecule has 2 fully saturated rings. The number of carbonyl (C=O) groups is 2. The summed E-state index contributed by atoms with van der Waals surface area (Å²) in [4.78, 5) is 24.0. The van der Waals surface area contributed by atoms with Gasteiger partial charge in [-0.05, 0) is 70.1 Å². The molecule has 136 valence electrons. The monoisotopic (exact) mass is 336 g/mol. The zero-order valence-corrected chi connectivity index (χ0v) is 15.0. The van der Waals surface area contributed by atoms with Crippen LogP contribution >= 0.6 is 0 Å². The summed E-state index contributed by atoms with van der Waals surface area (Å²) in [5.74, 6) is -1.24. The molecular formula is C20H32O4. The first-order chi connectivity index (χ1) is 11.5. The van der Waals surface area contributed by atoms with E-state index >= 15 is 0 Å². The number of carbonyl (C=O) groups excluding carboxylic acids is 1. The Balaban J connectivity index is 1.91. The zero-order valence-electron chi connectivity index (χ0n) is 15.0. The molecule has 2 saturated carbocycles. The molecule has 24 heavy (non-hydrogen) atoms. The lowest BCUT2D eigenvalue weighted by atomic mass is 9.86. The van der Waals surface area contributed by atoms with Gasteiger partial charge in [-0.2, -0.15) is 0 Å². The van der Waals surface area contributed by atoms with Crippen molar-refractivity contribution in [1.29, 1.82) is 0 Å². The van der Waals surface area contributed by atoms with Crippen molar-refractivity contribution in [3.05, 3.63) is 12.7 Å². The normalized spacial score (nSPS) is 28.6. The van der Waals surface area contributed by atoms with Gasteiger partial charge < -0.3 is 9.84 Å². The Morgan fingerprint density at radius 1 is 1.29 bits per heavy atom. The molecule has 0 unspecified atom stereocenters. The second kappa shape index (κ2) is 8.68. The lowest BCUT2D eigenvalue weighted by molar-refractivity contribution is -0.167. The van der Waals surface area contributed by atoms with Crippen molar-refractivity contribution < 1.29 is 19.4 Å². The van der Waals surface area contributed by atoms with E-state index in [0.29, 0.717) is 5.92 Å². The van der Waals surface area contributed by atoms with Crippen LogP contribution in [0.2, 0.25) is 0 Å². The zero-order chi connectivity index (χ0) is 17.6. The maximum Gasteiger partial charge on any atom is 0.307 e. The highest BCUT2D eigenvalue weighted by Gasteiger charge is 2.42. The third kappa shape index (κ3) is 4.84. The number of esters is 1. The molecule has 4 heteroatoms. The van der Waals surface area contributed by atoms with Crippen LogP contribution < -0.4 is 0 Å². The van der Waals surface area contributed by atoms with Gasteiger partial charge in [0, 0.05) is 0 Å². The fourth-order valence-electron chi connectivity index (χ4n) is 4.60. The first-order valence-electron chi connectivity index (χ1n) is 9.52. The number of carboxylic acid groups (broad SMARTS) is 1. The smallest absolute Gasteiger partial charge is 0.307 e. The van der Waals surface area contributed by atoms with Crippen molar-refractivity contribution in [3.63, 3.8) is 0 Å². The highest BCUT2D eigenvalue weighted by molar-refractivity contribution is 5.79. The van der Waals surface area contributed by atoms with Gasteiger partial charge in [0.1, 0.15) is 5.60 Å².